The van der Waals surface area contributed by atoms with Gasteiger partial charge in [0.25, 0.3) is 0 Å². The Morgan fingerprint density at radius 1 is 1.45 bits per heavy atom. The van der Waals surface area contributed by atoms with E-state index in [0.717, 1.165) is 0 Å². The fourth-order valence-electron chi connectivity index (χ4n) is 1.12. The van der Waals surface area contributed by atoms with Gasteiger partial charge in [-0.3, -0.25) is 0 Å². The molecule has 1 heterocycles. The Morgan fingerprint density at radius 3 is 2.18 bits per heavy atom. The summed E-state index contributed by atoms with van der Waals surface area (Å²) in [5, 5.41) is 0. The van der Waals surface area contributed by atoms with Crippen molar-refractivity contribution >= 4 is 18.5 Å². The maximum Gasteiger partial charge on any atom is 0.130 e. The van der Waals surface area contributed by atoms with Gasteiger partial charge in [-0.05, 0) is 0 Å². The van der Waals surface area contributed by atoms with E-state index in [0.29, 0.717) is 6.16 Å². The summed E-state index contributed by atoms with van der Waals surface area (Å²) in [5.74, 6) is 0. The second-order valence-corrected chi connectivity index (χ2v) is 3.97. The number of hydrogen-bond acceptors (Lipinski definition) is 4. The predicted octanol–water partition coefficient (Wildman–Crippen LogP) is -1.60. The van der Waals surface area contributed by atoms with E-state index in [-0.39, 0.29) is 11.7 Å². The van der Waals surface area contributed by atoms with Gasteiger partial charge in [-0.25, -0.2) is 0 Å². The zero-order valence-corrected chi connectivity index (χ0v) is 8.54. The maximum absolute atomic E-state index is 5.86. The van der Waals surface area contributed by atoms with Crippen LogP contribution in [0.5, 0.6) is 0 Å². The summed E-state index contributed by atoms with van der Waals surface area (Å²) in [6.07, 6.45) is 0.200. The molecule has 0 spiro atoms. The zero-order valence-electron chi connectivity index (χ0n) is 6.23. The largest absolute Gasteiger partial charge is 0.340 e. The molecule has 0 aromatic heterocycles. The molecule has 0 bridgehead atoms. The van der Waals surface area contributed by atoms with E-state index in [9.17, 15) is 0 Å². The number of rotatable bonds is 1. The molecule has 0 aromatic rings. The molecule has 0 aliphatic carbocycles. The SMILES string of the molecule is NC1OC(N)(CP)[C@@H](P)[C@H]1N. The first kappa shape index (κ1) is 9.79. The molecule has 6 heteroatoms. The maximum atomic E-state index is 5.86. The number of hydrogen-bond donors (Lipinski definition) is 3. The van der Waals surface area contributed by atoms with E-state index in [1.54, 1.807) is 0 Å². The van der Waals surface area contributed by atoms with E-state index in [4.69, 9.17) is 21.9 Å². The molecule has 0 aromatic carbocycles. The lowest BCUT2D eigenvalue weighted by molar-refractivity contribution is -0.0174. The summed E-state index contributed by atoms with van der Waals surface area (Å²) in [5.41, 5.74) is 16.5. The van der Waals surface area contributed by atoms with Crippen LogP contribution in [0.25, 0.3) is 0 Å². The van der Waals surface area contributed by atoms with Crippen molar-refractivity contribution in [2.75, 3.05) is 6.16 Å². The van der Waals surface area contributed by atoms with Crippen molar-refractivity contribution in [2.24, 2.45) is 17.2 Å². The standard InChI is InChI=1S/C5H15N3OP2/c6-2-3(11)5(8,1-10)9-4(2)7/h2-4H,1,6-8,10-11H2/t2-,3+,4?,5?/m1/s1. The van der Waals surface area contributed by atoms with Gasteiger partial charge in [-0.2, -0.15) is 0 Å². The highest BCUT2D eigenvalue weighted by Gasteiger charge is 2.46. The summed E-state index contributed by atoms with van der Waals surface area (Å²) >= 11 is 0. The average molecular weight is 195 g/mol. The second-order valence-electron chi connectivity index (χ2n) is 2.84. The van der Waals surface area contributed by atoms with Crippen molar-refractivity contribution in [3.05, 3.63) is 0 Å². The van der Waals surface area contributed by atoms with E-state index < -0.39 is 12.0 Å². The van der Waals surface area contributed by atoms with Gasteiger partial charge in [0.15, 0.2) is 0 Å². The molecule has 6 atom stereocenters. The Hall–Kier alpha value is 0.700. The summed E-state index contributed by atoms with van der Waals surface area (Å²) < 4.78 is 5.31. The Bertz CT molecular complexity index is 159. The van der Waals surface area contributed by atoms with Crippen molar-refractivity contribution in [3.63, 3.8) is 0 Å². The van der Waals surface area contributed by atoms with Crippen LogP contribution in [0, 0.1) is 0 Å². The van der Waals surface area contributed by atoms with Crippen LogP contribution in [0.3, 0.4) is 0 Å². The Labute approximate surface area is 71.0 Å². The molecule has 6 N–H and O–H groups in total. The van der Waals surface area contributed by atoms with Crippen molar-refractivity contribution in [2.45, 2.75) is 23.7 Å². The predicted molar refractivity (Wildman–Crippen MR) is 52.0 cm³/mol. The van der Waals surface area contributed by atoms with E-state index in [1.165, 1.54) is 0 Å². The van der Waals surface area contributed by atoms with Crippen molar-refractivity contribution in [1.82, 2.24) is 0 Å². The zero-order chi connectivity index (χ0) is 8.65. The lowest BCUT2D eigenvalue weighted by Crippen LogP contribution is -2.51. The minimum absolute atomic E-state index is 0.0231. The van der Waals surface area contributed by atoms with Crippen molar-refractivity contribution < 1.29 is 4.74 Å². The highest BCUT2D eigenvalue weighted by atomic mass is 31.0. The molecule has 4 unspecified atom stereocenters. The fraction of sp³-hybridized carbons (Fsp3) is 1.00. The summed E-state index contributed by atoms with van der Waals surface area (Å²) in [7, 11) is 5.12. The summed E-state index contributed by atoms with van der Waals surface area (Å²) in [6.45, 7) is 0. The van der Waals surface area contributed by atoms with Gasteiger partial charge >= 0.3 is 0 Å². The average Bonchev–Trinajstić information content (AvgIpc) is 2.17. The molecule has 1 fully saturated rings. The third kappa shape index (κ3) is 1.57. The first-order valence-corrected chi connectivity index (χ1v) is 4.93. The monoisotopic (exact) mass is 195 g/mol. The minimum Gasteiger partial charge on any atom is -0.340 e. The molecule has 0 radical (unpaired) electrons. The Kier molecular flexibility index (Phi) is 2.86. The number of ether oxygens (including phenoxy) is 1. The first-order chi connectivity index (χ1) is 5.01. The smallest absolute Gasteiger partial charge is 0.130 e. The van der Waals surface area contributed by atoms with Gasteiger partial charge in [0.1, 0.15) is 12.0 Å². The normalized spacial score (nSPS) is 51.5. The van der Waals surface area contributed by atoms with Crippen LogP contribution >= 0.6 is 18.5 Å². The molecule has 1 saturated heterocycles. The molecule has 1 rings (SSSR count). The van der Waals surface area contributed by atoms with Crippen molar-refractivity contribution in [3.8, 4) is 0 Å². The molecule has 11 heavy (non-hydrogen) atoms. The van der Waals surface area contributed by atoms with Gasteiger partial charge in [0.2, 0.25) is 0 Å². The van der Waals surface area contributed by atoms with E-state index in [1.807, 2.05) is 0 Å². The lowest BCUT2D eigenvalue weighted by atomic mass is 10.1. The molecule has 4 nitrogen and oxygen atoms in total. The molecule has 1 aliphatic rings. The van der Waals surface area contributed by atoms with Gasteiger partial charge in [0.05, 0.1) is 6.04 Å². The van der Waals surface area contributed by atoms with Gasteiger partial charge < -0.3 is 21.9 Å². The first-order valence-electron chi connectivity index (χ1n) is 3.45. The van der Waals surface area contributed by atoms with Crippen molar-refractivity contribution in [1.29, 1.82) is 0 Å². The topological polar surface area (TPSA) is 87.3 Å². The summed E-state index contributed by atoms with van der Waals surface area (Å²) in [6, 6.07) is -0.189. The van der Waals surface area contributed by atoms with Gasteiger partial charge in [-0.1, -0.05) is 0 Å². The lowest BCUT2D eigenvalue weighted by Gasteiger charge is -2.26. The van der Waals surface area contributed by atoms with Crippen LogP contribution in [0.15, 0.2) is 0 Å². The van der Waals surface area contributed by atoms with Crippen LogP contribution in [0.2, 0.25) is 0 Å². The molecular weight excluding hydrogens is 180 g/mol. The molecule has 1 aliphatic heterocycles. The quantitative estimate of drug-likeness (QED) is 0.440. The molecular formula is C5H15N3OP2. The summed E-state index contributed by atoms with van der Waals surface area (Å²) in [4.78, 5) is 0. The highest BCUT2D eigenvalue weighted by molar-refractivity contribution is 7.19. The van der Waals surface area contributed by atoms with Crippen LogP contribution in [-0.2, 0) is 4.74 Å². The van der Waals surface area contributed by atoms with E-state index >= 15 is 0 Å². The van der Waals surface area contributed by atoms with Gasteiger partial charge in [0, 0.05) is 11.8 Å². The molecule has 0 saturated carbocycles. The Morgan fingerprint density at radius 2 is 2.00 bits per heavy atom. The van der Waals surface area contributed by atoms with Crippen LogP contribution < -0.4 is 17.2 Å². The molecule has 66 valence electrons. The number of nitrogens with two attached hydrogens (primary N) is 3. The third-order valence-electron chi connectivity index (χ3n) is 2.03. The fourth-order valence-corrected chi connectivity index (χ4v) is 2.20. The highest BCUT2D eigenvalue weighted by Crippen LogP contribution is 2.30. The minimum atomic E-state index is -0.686. The van der Waals surface area contributed by atoms with Crippen LogP contribution in [0.4, 0.5) is 0 Å². The van der Waals surface area contributed by atoms with E-state index in [2.05, 4.69) is 18.5 Å². The Balaban J connectivity index is 2.73. The third-order valence-corrected chi connectivity index (χ3v) is 3.68. The molecule has 0 amide bonds. The second kappa shape index (κ2) is 3.21. The van der Waals surface area contributed by atoms with Crippen LogP contribution in [-0.4, -0.2) is 29.8 Å². The van der Waals surface area contributed by atoms with Gasteiger partial charge in [-0.15, -0.1) is 18.5 Å². The van der Waals surface area contributed by atoms with Crippen LogP contribution in [0.1, 0.15) is 0 Å².